The van der Waals surface area contributed by atoms with Gasteiger partial charge in [-0.2, -0.15) is 13.2 Å². The number of aryl methyl sites for hydroxylation is 1. The van der Waals surface area contributed by atoms with Gasteiger partial charge in [-0.25, -0.2) is 0 Å². The van der Waals surface area contributed by atoms with Crippen LogP contribution in [0.4, 0.5) is 18.9 Å². The number of oxime groups is 1. The molecule has 4 nitrogen and oxygen atoms in total. The molecule has 0 amide bonds. The first-order valence-corrected chi connectivity index (χ1v) is 5.61. The standard InChI is InChI=1S/C12H16F3N3O/c1-7-4-3-5-10(8(7)2)17-6-9(11(16)18-19)12(13,14)15/h3-5,9,17,19H,6H2,1-2H3,(H2,16,18). The zero-order valence-corrected chi connectivity index (χ0v) is 10.6. The van der Waals surface area contributed by atoms with Gasteiger partial charge in [0.05, 0.1) is 0 Å². The van der Waals surface area contributed by atoms with Crippen molar-refractivity contribution >= 4 is 11.5 Å². The third kappa shape index (κ3) is 3.77. The fourth-order valence-corrected chi connectivity index (χ4v) is 1.61. The summed E-state index contributed by atoms with van der Waals surface area (Å²) in [6, 6.07) is 5.30. The lowest BCUT2D eigenvalue weighted by molar-refractivity contribution is -0.152. The Morgan fingerprint density at radius 1 is 1.42 bits per heavy atom. The van der Waals surface area contributed by atoms with Crippen LogP contribution in [-0.4, -0.2) is 23.8 Å². The first-order chi connectivity index (χ1) is 8.77. The zero-order valence-electron chi connectivity index (χ0n) is 10.6. The summed E-state index contributed by atoms with van der Waals surface area (Å²) in [6.45, 7) is 3.19. The number of anilines is 1. The Morgan fingerprint density at radius 3 is 2.58 bits per heavy atom. The number of hydrogen-bond donors (Lipinski definition) is 3. The Kier molecular flexibility index (Phi) is 4.63. The van der Waals surface area contributed by atoms with Gasteiger partial charge in [0.25, 0.3) is 0 Å². The van der Waals surface area contributed by atoms with Crippen molar-refractivity contribution in [2.24, 2.45) is 16.8 Å². The van der Waals surface area contributed by atoms with Gasteiger partial charge < -0.3 is 16.3 Å². The molecule has 0 aliphatic carbocycles. The maximum absolute atomic E-state index is 12.7. The van der Waals surface area contributed by atoms with Gasteiger partial charge >= 0.3 is 6.18 Å². The largest absolute Gasteiger partial charge is 0.409 e. The quantitative estimate of drug-likeness (QED) is 0.342. The smallest absolute Gasteiger partial charge is 0.400 e. The second-order valence-corrected chi connectivity index (χ2v) is 4.25. The van der Waals surface area contributed by atoms with E-state index < -0.39 is 24.5 Å². The van der Waals surface area contributed by atoms with Gasteiger partial charge in [0.15, 0.2) is 5.84 Å². The van der Waals surface area contributed by atoms with Crippen molar-refractivity contribution in [3.63, 3.8) is 0 Å². The molecule has 0 bridgehead atoms. The van der Waals surface area contributed by atoms with Crippen molar-refractivity contribution in [3.05, 3.63) is 29.3 Å². The van der Waals surface area contributed by atoms with Gasteiger partial charge in [0, 0.05) is 12.2 Å². The van der Waals surface area contributed by atoms with Crippen molar-refractivity contribution in [1.82, 2.24) is 0 Å². The van der Waals surface area contributed by atoms with Crippen LogP contribution in [0.3, 0.4) is 0 Å². The van der Waals surface area contributed by atoms with Gasteiger partial charge in [0.2, 0.25) is 0 Å². The Labute approximate surface area is 109 Å². The fourth-order valence-electron chi connectivity index (χ4n) is 1.61. The number of nitrogens with one attached hydrogen (secondary N) is 1. The number of rotatable bonds is 4. The van der Waals surface area contributed by atoms with Crippen LogP contribution in [0.5, 0.6) is 0 Å². The summed E-state index contributed by atoms with van der Waals surface area (Å²) < 4.78 is 38.2. The van der Waals surface area contributed by atoms with Crippen LogP contribution < -0.4 is 11.1 Å². The van der Waals surface area contributed by atoms with E-state index in [2.05, 4.69) is 10.5 Å². The molecule has 0 aliphatic heterocycles. The minimum Gasteiger partial charge on any atom is -0.409 e. The molecule has 0 fully saturated rings. The molecule has 1 rings (SSSR count). The Balaban J connectivity index is 2.86. The van der Waals surface area contributed by atoms with Crippen molar-refractivity contribution < 1.29 is 18.4 Å². The highest BCUT2D eigenvalue weighted by atomic mass is 19.4. The van der Waals surface area contributed by atoms with E-state index in [1.165, 1.54) is 0 Å². The Morgan fingerprint density at radius 2 is 2.05 bits per heavy atom. The molecule has 106 valence electrons. The van der Waals surface area contributed by atoms with Crippen LogP contribution in [-0.2, 0) is 0 Å². The Bertz CT molecular complexity index is 472. The SMILES string of the molecule is Cc1cccc(NCC(/C(N)=N/O)C(F)(F)F)c1C. The number of benzene rings is 1. The van der Waals surface area contributed by atoms with E-state index >= 15 is 0 Å². The van der Waals surface area contributed by atoms with Gasteiger partial charge in [0.1, 0.15) is 5.92 Å². The lowest BCUT2D eigenvalue weighted by Crippen LogP contribution is -2.40. The summed E-state index contributed by atoms with van der Waals surface area (Å²) in [5, 5.41) is 13.5. The number of nitrogens with two attached hydrogens (primary N) is 1. The predicted octanol–water partition coefficient (Wildman–Crippen LogP) is 2.64. The van der Waals surface area contributed by atoms with Crippen LogP contribution in [0.15, 0.2) is 23.4 Å². The lowest BCUT2D eigenvalue weighted by Gasteiger charge is -2.20. The number of hydrogen-bond acceptors (Lipinski definition) is 3. The second-order valence-electron chi connectivity index (χ2n) is 4.25. The molecule has 0 aliphatic rings. The van der Waals surface area contributed by atoms with Gasteiger partial charge in [-0.3, -0.25) is 0 Å². The second kappa shape index (κ2) is 5.81. The van der Waals surface area contributed by atoms with Crippen molar-refractivity contribution in [1.29, 1.82) is 0 Å². The third-order valence-corrected chi connectivity index (χ3v) is 2.97. The summed E-state index contributed by atoms with van der Waals surface area (Å²) in [4.78, 5) is 0. The normalized spacial score (nSPS) is 14.3. The van der Waals surface area contributed by atoms with E-state index in [0.717, 1.165) is 11.1 Å². The first-order valence-electron chi connectivity index (χ1n) is 5.61. The number of halogens is 3. The van der Waals surface area contributed by atoms with E-state index in [1.807, 2.05) is 19.9 Å². The average molecular weight is 275 g/mol. The van der Waals surface area contributed by atoms with Crippen LogP contribution in [0.1, 0.15) is 11.1 Å². The molecule has 0 saturated carbocycles. The maximum Gasteiger partial charge on any atom is 0.400 e. The van der Waals surface area contributed by atoms with Crippen LogP contribution in [0, 0.1) is 19.8 Å². The van der Waals surface area contributed by atoms with Gasteiger partial charge in [-0.15, -0.1) is 0 Å². The van der Waals surface area contributed by atoms with Crippen molar-refractivity contribution in [3.8, 4) is 0 Å². The highest BCUT2D eigenvalue weighted by molar-refractivity contribution is 5.83. The third-order valence-electron chi connectivity index (χ3n) is 2.97. The molecule has 1 atom stereocenters. The summed E-state index contributed by atoms with van der Waals surface area (Å²) in [5.41, 5.74) is 7.51. The molecule has 4 N–H and O–H groups in total. The van der Waals surface area contributed by atoms with E-state index in [0.29, 0.717) is 5.69 Å². The number of alkyl halides is 3. The van der Waals surface area contributed by atoms with Crippen LogP contribution >= 0.6 is 0 Å². The molecule has 7 heteroatoms. The number of amidine groups is 1. The molecule has 19 heavy (non-hydrogen) atoms. The molecular weight excluding hydrogens is 259 g/mol. The van der Waals surface area contributed by atoms with Crippen LogP contribution in [0.25, 0.3) is 0 Å². The average Bonchev–Trinajstić information content (AvgIpc) is 2.32. The minimum absolute atomic E-state index is 0.482. The topological polar surface area (TPSA) is 70.6 Å². The molecule has 1 aromatic rings. The zero-order chi connectivity index (χ0) is 14.6. The molecule has 0 radical (unpaired) electrons. The highest BCUT2D eigenvalue weighted by Gasteiger charge is 2.42. The molecule has 0 heterocycles. The number of nitrogens with zero attached hydrogens (tertiary/aromatic N) is 1. The van der Waals surface area contributed by atoms with E-state index in [1.54, 1.807) is 12.1 Å². The van der Waals surface area contributed by atoms with E-state index in [-0.39, 0.29) is 0 Å². The first kappa shape index (κ1) is 15.1. The minimum atomic E-state index is -4.57. The monoisotopic (exact) mass is 275 g/mol. The molecule has 1 aromatic carbocycles. The van der Waals surface area contributed by atoms with Gasteiger partial charge in [-0.05, 0) is 31.0 Å². The maximum atomic E-state index is 12.7. The van der Waals surface area contributed by atoms with Crippen molar-refractivity contribution in [2.45, 2.75) is 20.0 Å². The predicted molar refractivity (Wildman–Crippen MR) is 67.4 cm³/mol. The van der Waals surface area contributed by atoms with E-state index in [4.69, 9.17) is 10.9 Å². The molecule has 0 aromatic heterocycles. The molecule has 0 saturated heterocycles. The van der Waals surface area contributed by atoms with Crippen LogP contribution in [0.2, 0.25) is 0 Å². The van der Waals surface area contributed by atoms with Gasteiger partial charge in [-0.1, -0.05) is 17.3 Å². The summed E-state index contributed by atoms with van der Waals surface area (Å²) in [6.07, 6.45) is -4.57. The summed E-state index contributed by atoms with van der Waals surface area (Å²) in [5.74, 6) is -2.89. The van der Waals surface area contributed by atoms with E-state index in [9.17, 15) is 13.2 Å². The fraction of sp³-hybridized carbons (Fsp3) is 0.417. The summed E-state index contributed by atoms with van der Waals surface area (Å²) in [7, 11) is 0. The lowest BCUT2D eigenvalue weighted by atomic mass is 10.1. The molecular formula is C12H16F3N3O. The molecule has 1 unspecified atom stereocenters. The summed E-state index contributed by atoms with van der Waals surface area (Å²) >= 11 is 0. The van der Waals surface area contributed by atoms with Crippen molar-refractivity contribution in [2.75, 3.05) is 11.9 Å². The Hall–Kier alpha value is -1.92. The highest BCUT2D eigenvalue weighted by Crippen LogP contribution is 2.27. The molecule has 0 spiro atoms.